The second-order valence-corrected chi connectivity index (χ2v) is 10.5. The Labute approximate surface area is 255 Å². The molecule has 0 spiro atoms. The van der Waals surface area contributed by atoms with Gasteiger partial charge in [0.1, 0.15) is 6.61 Å². The molecule has 1 aliphatic heterocycles. The Hall–Kier alpha value is 1.77. The number of hydrogen-bond donors (Lipinski definition) is 2. The van der Waals surface area contributed by atoms with E-state index in [0.717, 1.165) is 24.8 Å². The van der Waals surface area contributed by atoms with E-state index in [2.05, 4.69) is 13.5 Å². The van der Waals surface area contributed by atoms with Gasteiger partial charge < -0.3 is 14.9 Å². The monoisotopic (exact) mass is 862 g/mol. The summed E-state index contributed by atoms with van der Waals surface area (Å²) in [6, 6.07) is 0. The molecule has 3 rings (SSSR count). The standard InChI is InChI=1S/C22H32O5S.2Ac/c1-13-5-6-18-21(3,9-7-19(25)22(18,4)12-23)16(13)11-17(28-14(2)24)15-8-10-27-20(15)26;;/h8,16-19,23,25H,1,5-7,9-12H2,2-4H3;;/t16-,17?,18?,19?,21+,22-;;/m0../s1. The summed E-state index contributed by atoms with van der Waals surface area (Å²) < 4.78 is 5.10. The number of aliphatic hydroxyl groups is 2. The number of cyclic esters (lactones) is 1. The maximum absolute atomic E-state index is 12.2. The Morgan fingerprint density at radius 1 is 1.37 bits per heavy atom. The van der Waals surface area contributed by atoms with E-state index >= 15 is 0 Å². The van der Waals surface area contributed by atoms with E-state index in [-0.39, 0.29) is 135 Å². The van der Waals surface area contributed by atoms with Gasteiger partial charge >= 0.3 is 5.97 Å². The summed E-state index contributed by atoms with van der Waals surface area (Å²) in [6.45, 7) is 10.3. The molecule has 2 N–H and O–H groups in total. The van der Waals surface area contributed by atoms with E-state index in [1.54, 1.807) is 6.08 Å². The number of rotatable bonds is 5. The van der Waals surface area contributed by atoms with Gasteiger partial charge in [0.15, 0.2) is 5.12 Å². The maximum Gasteiger partial charge on any atom is 0.335 e. The minimum absolute atomic E-state index is 0. The van der Waals surface area contributed by atoms with Crippen molar-refractivity contribution in [2.75, 3.05) is 13.2 Å². The molecule has 0 aromatic heterocycles. The molecule has 5 nitrogen and oxygen atoms in total. The van der Waals surface area contributed by atoms with Crippen molar-refractivity contribution in [2.45, 2.75) is 64.2 Å². The number of fused-ring (bicyclic) bond motifs is 1. The molecule has 0 amide bonds. The molecule has 3 unspecified atom stereocenters. The molecule has 0 saturated heterocycles. The zero-order chi connectivity index (χ0) is 20.7. The fourth-order valence-electron chi connectivity index (χ4n) is 5.93. The number of carbonyl (C=O) groups is 2. The van der Waals surface area contributed by atoms with Crippen LogP contribution in [-0.2, 0) is 14.3 Å². The molecular formula is C22H32Ac2O5S. The zero-order valence-electron chi connectivity index (χ0n) is 18.2. The van der Waals surface area contributed by atoms with Gasteiger partial charge in [0.05, 0.1) is 18.3 Å². The van der Waals surface area contributed by atoms with E-state index in [0.29, 0.717) is 18.4 Å². The molecule has 1 heterocycles. The third kappa shape index (κ3) is 5.70. The Morgan fingerprint density at radius 3 is 2.57 bits per heavy atom. The summed E-state index contributed by atoms with van der Waals surface area (Å²) in [5, 5.41) is 20.5. The SMILES string of the molecule is C=C1CCC2[C@](C)(CO)C(O)CC[C@]2(C)[C@H]1CC(SC(C)=O)C1=CCOC1=O.[Ac].[Ac]. The van der Waals surface area contributed by atoms with Crippen LogP contribution in [0.3, 0.4) is 0 Å². The van der Waals surface area contributed by atoms with E-state index in [1.165, 1.54) is 18.7 Å². The van der Waals surface area contributed by atoms with Crippen molar-refractivity contribution < 1.29 is 113 Å². The predicted molar refractivity (Wildman–Crippen MR) is 110 cm³/mol. The third-order valence-corrected chi connectivity index (χ3v) is 8.61. The number of carbonyl (C=O) groups excluding carboxylic acids is 2. The number of thioether (sulfide) groups is 1. The van der Waals surface area contributed by atoms with Crippen LogP contribution in [0.25, 0.3) is 0 Å². The Bertz CT molecular complexity index is 712. The van der Waals surface area contributed by atoms with Crippen LogP contribution in [0.1, 0.15) is 52.9 Å². The summed E-state index contributed by atoms with van der Waals surface area (Å²) in [5.41, 5.74) is 1.06. The number of hydrogen-bond acceptors (Lipinski definition) is 6. The van der Waals surface area contributed by atoms with Gasteiger partial charge in [-0.2, -0.15) is 0 Å². The minimum atomic E-state index is -0.541. The fraction of sp³-hybridized carbons (Fsp3) is 0.727. The molecule has 0 aromatic carbocycles. The zero-order valence-corrected chi connectivity index (χ0v) is 28.5. The summed E-state index contributed by atoms with van der Waals surface area (Å²) >= 11 is 1.19. The van der Waals surface area contributed by atoms with E-state index in [9.17, 15) is 19.8 Å². The Morgan fingerprint density at radius 2 is 2.03 bits per heavy atom. The smallest absolute Gasteiger partial charge is 0.335 e. The van der Waals surface area contributed by atoms with E-state index < -0.39 is 11.5 Å². The third-order valence-electron chi connectivity index (χ3n) is 7.55. The van der Waals surface area contributed by atoms with Crippen LogP contribution in [0, 0.1) is 111 Å². The van der Waals surface area contributed by atoms with Crippen molar-refractivity contribution in [3.05, 3.63) is 23.8 Å². The average Bonchev–Trinajstić information content (AvgIpc) is 3.06. The van der Waals surface area contributed by atoms with Crippen LogP contribution >= 0.6 is 11.8 Å². The van der Waals surface area contributed by atoms with Crippen LogP contribution in [0.2, 0.25) is 0 Å². The number of allylic oxidation sites excluding steroid dienone is 1. The first-order valence-electron chi connectivity index (χ1n) is 10.1. The van der Waals surface area contributed by atoms with Crippen molar-refractivity contribution in [2.24, 2.45) is 22.7 Å². The maximum atomic E-state index is 12.2. The molecule has 2 radical (unpaired) electrons. The van der Waals surface area contributed by atoms with E-state index in [1.807, 2.05) is 6.92 Å². The van der Waals surface area contributed by atoms with E-state index in [4.69, 9.17) is 4.74 Å². The van der Waals surface area contributed by atoms with Crippen molar-refractivity contribution >= 4 is 22.8 Å². The molecule has 162 valence electrons. The van der Waals surface area contributed by atoms with Crippen LogP contribution in [0.15, 0.2) is 23.8 Å². The van der Waals surface area contributed by atoms with Gasteiger partial charge in [0.2, 0.25) is 0 Å². The molecule has 2 fully saturated rings. The Balaban J connectivity index is 0.00000225. The summed E-state index contributed by atoms with van der Waals surface area (Å²) in [6.07, 6.45) is 5.15. The van der Waals surface area contributed by atoms with Gasteiger partial charge in [-0.05, 0) is 55.4 Å². The number of aliphatic hydroxyl groups excluding tert-OH is 2. The molecule has 2 saturated carbocycles. The average molecular weight is 863 g/mol. The second kappa shape index (κ2) is 12.0. The van der Waals surface area contributed by atoms with Crippen molar-refractivity contribution in [3.63, 3.8) is 0 Å². The topological polar surface area (TPSA) is 83.8 Å². The van der Waals surface area contributed by atoms with Gasteiger partial charge in [0, 0.05) is 106 Å². The molecule has 6 atom stereocenters. The number of esters is 1. The molecule has 2 aliphatic carbocycles. The predicted octanol–water partition coefficient (Wildman–Crippen LogP) is 3.25. The van der Waals surface area contributed by atoms with Gasteiger partial charge in [0.25, 0.3) is 0 Å². The molecule has 0 aromatic rings. The molecular weight excluding hydrogens is 830 g/mol. The fourth-order valence-corrected chi connectivity index (χ4v) is 6.93. The first kappa shape index (κ1) is 29.8. The van der Waals surface area contributed by atoms with Gasteiger partial charge in [-0.1, -0.05) is 37.8 Å². The number of ether oxygens (including phenoxy) is 1. The van der Waals surface area contributed by atoms with Gasteiger partial charge in [-0.3, -0.25) is 4.79 Å². The normalized spacial score (nSPS) is 36.6. The summed E-state index contributed by atoms with van der Waals surface area (Å²) in [5.74, 6) is -0.0475. The molecule has 30 heavy (non-hydrogen) atoms. The molecule has 3 aliphatic rings. The van der Waals surface area contributed by atoms with Crippen molar-refractivity contribution in [1.82, 2.24) is 0 Å². The van der Waals surface area contributed by atoms with Gasteiger partial charge in [-0.15, -0.1) is 0 Å². The van der Waals surface area contributed by atoms with Crippen LogP contribution in [-0.4, -0.2) is 45.9 Å². The summed E-state index contributed by atoms with van der Waals surface area (Å²) in [7, 11) is 0. The molecule has 0 bridgehead atoms. The van der Waals surface area contributed by atoms with Crippen molar-refractivity contribution in [1.29, 1.82) is 0 Å². The first-order chi connectivity index (χ1) is 13.1. The first-order valence-corrected chi connectivity index (χ1v) is 11.0. The quantitative estimate of drug-likeness (QED) is 0.327. The Kier molecular flexibility index (Phi) is 11.9. The van der Waals surface area contributed by atoms with Crippen LogP contribution in [0.4, 0.5) is 0 Å². The summed E-state index contributed by atoms with van der Waals surface area (Å²) in [4.78, 5) is 24.1. The minimum Gasteiger partial charge on any atom is -0.458 e. The molecule has 8 heteroatoms. The van der Waals surface area contributed by atoms with Crippen LogP contribution < -0.4 is 0 Å². The second-order valence-electron chi connectivity index (χ2n) is 9.12. The van der Waals surface area contributed by atoms with Crippen molar-refractivity contribution in [3.8, 4) is 0 Å². The largest absolute Gasteiger partial charge is 0.458 e. The van der Waals surface area contributed by atoms with Gasteiger partial charge in [-0.25, -0.2) is 4.79 Å². The van der Waals surface area contributed by atoms with Crippen LogP contribution in [0.5, 0.6) is 0 Å².